The summed E-state index contributed by atoms with van der Waals surface area (Å²) in [5.74, 6) is 4.24. The zero-order chi connectivity index (χ0) is 8.02. The summed E-state index contributed by atoms with van der Waals surface area (Å²) in [5, 5.41) is 0. The standard InChI is InChI=1S/C11H18/c1-6(2)10-5-11(8(10)4)7(3)9(10)11/h6-9H,5H2,1-4H3. The molecule has 0 aromatic rings. The Morgan fingerprint density at radius 2 is 1.91 bits per heavy atom. The normalized spacial score (nSPS) is 70.1. The molecule has 0 heteroatoms. The molecule has 11 heavy (non-hydrogen) atoms. The molecule has 0 aromatic carbocycles. The first-order chi connectivity index (χ1) is 5.08. The summed E-state index contributed by atoms with van der Waals surface area (Å²) >= 11 is 0. The van der Waals surface area contributed by atoms with E-state index >= 15 is 0 Å². The molecule has 0 radical (unpaired) electrons. The van der Waals surface area contributed by atoms with Crippen molar-refractivity contribution in [1.29, 1.82) is 0 Å². The summed E-state index contributed by atoms with van der Waals surface area (Å²) in [6, 6.07) is 0. The third-order valence-electron chi connectivity index (χ3n) is 5.70. The molecule has 4 saturated carbocycles. The maximum Gasteiger partial charge on any atom is -0.0195 e. The fourth-order valence-electron chi connectivity index (χ4n) is 4.98. The van der Waals surface area contributed by atoms with Crippen LogP contribution < -0.4 is 0 Å². The average Bonchev–Trinajstić information content (AvgIpc) is 2.26. The van der Waals surface area contributed by atoms with Crippen molar-refractivity contribution >= 4 is 0 Å². The Morgan fingerprint density at radius 3 is 2.09 bits per heavy atom. The molecule has 0 heterocycles. The minimum atomic E-state index is 0.819. The maximum absolute atomic E-state index is 2.49. The lowest BCUT2D eigenvalue weighted by molar-refractivity contribution is -0.221. The zero-order valence-electron chi connectivity index (χ0n) is 8.02. The van der Waals surface area contributed by atoms with E-state index < -0.39 is 0 Å². The van der Waals surface area contributed by atoms with E-state index in [2.05, 4.69) is 27.7 Å². The Balaban J connectivity index is 1.96. The van der Waals surface area contributed by atoms with Gasteiger partial charge in [0.1, 0.15) is 0 Å². The molecule has 62 valence electrons. The van der Waals surface area contributed by atoms with Crippen LogP contribution in [0.1, 0.15) is 34.1 Å². The van der Waals surface area contributed by atoms with Crippen molar-refractivity contribution < 1.29 is 0 Å². The van der Waals surface area contributed by atoms with Gasteiger partial charge in [-0.1, -0.05) is 27.7 Å². The van der Waals surface area contributed by atoms with Gasteiger partial charge in [-0.15, -0.1) is 0 Å². The van der Waals surface area contributed by atoms with E-state index in [1.54, 1.807) is 6.42 Å². The Morgan fingerprint density at radius 1 is 1.27 bits per heavy atom. The molecule has 0 aromatic heterocycles. The van der Waals surface area contributed by atoms with Crippen LogP contribution in [0.2, 0.25) is 0 Å². The summed E-state index contributed by atoms with van der Waals surface area (Å²) in [7, 11) is 0. The topological polar surface area (TPSA) is 0 Å². The minimum Gasteiger partial charge on any atom is -0.0622 e. The Kier molecular flexibility index (Phi) is 0.767. The van der Waals surface area contributed by atoms with Gasteiger partial charge in [0.05, 0.1) is 0 Å². The van der Waals surface area contributed by atoms with Gasteiger partial charge in [-0.2, -0.15) is 0 Å². The molecule has 1 spiro atoms. The lowest BCUT2D eigenvalue weighted by atomic mass is 9.35. The highest BCUT2D eigenvalue weighted by Gasteiger charge is 2.93. The predicted molar refractivity (Wildman–Crippen MR) is 46.1 cm³/mol. The molecule has 0 saturated heterocycles. The fraction of sp³-hybridized carbons (Fsp3) is 1.00. The minimum absolute atomic E-state index is 0.819. The summed E-state index contributed by atoms with van der Waals surface area (Å²) in [6.07, 6.45) is 1.57. The van der Waals surface area contributed by atoms with Crippen LogP contribution in [0.3, 0.4) is 0 Å². The molecule has 4 aliphatic carbocycles. The Labute approximate surface area is 69.4 Å². The van der Waals surface area contributed by atoms with Gasteiger partial charge in [0.25, 0.3) is 0 Å². The highest BCUT2D eigenvalue weighted by atomic mass is 15.0. The molecule has 4 fully saturated rings. The Hall–Kier alpha value is 0. The van der Waals surface area contributed by atoms with Gasteiger partial charge in [-0.05, 0) is 40.9 Å². The second-order valence-corrected chi connectivity index (χ2v) is 5.54. The van der Waals surface area contributed by atoms with Crippen molar-refractivity contribution in [2.75, 3.05) is 0 Å². The lowest BCUT2D eigenvalue weighted by Gasteiger charge is -2.69. The van der Waals surface area contributed by atoms with Crippen molar-refractivity contribution in [3.63, 3.8) is 0 Å². The third-order valence-corrected chi connectivity index (χ3v) is 5.70. The smallest absolute Gasteiger partial charge is 0.0195 e. The highest BCUT2D eigenvalue weighted by Crippen LogP contribution is 2.98. The van der Waals surface area contributed by atoms with Crippen molar-refractivity contribution in [3.05, 3.63) is 0 Å². The van der Waals surface area contributed by atoms with Crippen LogP contribution in [-0.4, -0.2) is 0 Å². The SMILES string of the molecule is CC(C)C12CC3(C(C)C13)C2C. The van der Waals surface area contributed by atoms with E-state index in [4.69, 9.17) is 0 Å². The molecule has 2 bridgehead atoms. The van der Waals surface area contributed by atoms with E-state index in [1.165, 1.54) is 0 Å². The van der Waals surface area contributed by atoms with E-state index in [9.17, 15) is 0 Å². The third kappa shape index (κ3) is 0.331. The van der Waals surface area contributed by atoms with Gasteiger partial charge in [-0.3, -0.25) is 0 Å². The highest BCUT2D eigenvalue weighted by molar-refractivity contribution is 5.41. The van der Waals surface area contributed by atoms with E-state index in [-0.39, 0.29) is 0 Å². The van der Waals surface area contributed by atoms with E-state index in [1.807, 2.05) is 0 Å². The summed E-state index contributed by atoms with van der Waals surface area (Å²) in [6.45, 7) is 9.80. The zero-order valence-corrected chi connectivity index (χ0v) is 8.02. The maximum atomic E-state index is 2.49. The Bertz CT molecular complexity index is 220. The van der Waals surface area contributed by atoms with Crippen LogP contribution in [0.25, 0.3) is 0 Å². The van der Waals surface area contributed by atoms with Gasteiger partial charge < -0.3 is 0 Å². The van der Waals surface area contributed by atoms with Crippen LogP contribution in [0.5, 0.6) is 0 Å². The number of rotatable bonds is 1. The molecule has 0 amide bonds. The van der Waals surface area contributed by atoms with Crippen LogP contribution in [0.4, 0.5) is 0 Å². The average molecular weight is 150 g/mol. The van der Waals surface area contributed by atoms with Crippen molar-refractivity contribution in [2.24, 2.45) is 34.5 Å². The van der Waals surface area contributed by atoms with Crippen molar-refractivity contribution in [1.82, 2.24) is 0 Å². The fourth-order valence-corrected chi connectivity index (χ4v) is 4.98. The largest absolute Gasteiger partial charge is 0.0622 e. The first kappa shape index (κ1) is 6.51. The van der Waals surface area contributed by atoms with Gasteiger partial charge in [0.2, 0.25) is 0 Å². The van der Waals surface area contributed by atoms with Crippen LogP contribution in [-0.2, 0) is 0 Å². The van der Waals surface area contributed by atoms with Crippen molar-refractivity contribution in [3.8, 4) is 0 Å². The number of hydrogen-bond acceptors (Lipinski definition) is 0. The van der Waals surface area contributed by atoms with E-state index in [0.717, 1.165) is 34.5 Å². The van der Waals surface area contributed by atoms with Crippen LogP contribution in [0, 0.1) is 34.5 Å². The predicted octanol–water partition coefficient (Wildman–Crippen LogP) is 2.93. The summed E-state index contributed by atoms with van der Waals surface area (Å²) in [5.41, 5.74) is 1.71. The molecule has 4 aliphatic rings. The second-order valence-electron chi connectivity index (χ2n) is 5.54. The van der Waals surface area contributed by atoms with Crippen LogP contribution in [0.15, 0.2) is 0 Å². The lowest BCUT2D eigenvalue weighted by Crippen LogP contribution is -2.64. The quantitative estimate of drug-likeness (QED) is 0.539. The first-order valence-corrected chi connectivity index (χ1v) is 5.08. The van der Waals surface area contributed by atoms with Gasteiger partial charge >= 0.3 is 0 Å². The van der Waals surface area contributed by atoms with Gasteiger partial charge in [0, 0.05) is 0 Å². The molecule has 5 unspecified atom stereocenters. The summed E-state index contributed by atoms with van der Waals surface area (Å²) < 4.78 is 0. The molecular weight excluding hydrogens is 132 g/mol. The van der Waals surface area contributed by atoms with Crippen LogP contribution >= 0.6 is 0 Å². The molecule has 0 nitrogen and oxygen atoms in total. The monoisotopic (exact) mass is 150 g/mol. The molecule has 4 rings (SSSR count). The molecule has 0 N–H and O–H groups in total. The number of hydrogen-bond donors (Lipinski definition) is 0. The van der Waals surface area contributed by atoms with Crippen molar-refractivity contribution in [2.45, 2.75) is 34.1 Å². The second kappa shape index (κ2) is 1.30. The van der Waals surface area contributed by atoms with Gasteiger partial charge in [-0.25, -0.2) is 0 Å². The molecule has 5 atom stereocenters. The molecular formula is C11H18. The summed E-state index contributed by atoms with van der Waals surface area (Å²) in [4.78, 5) is 0. The van der Waals surface area contributed by atoms with Gasteiger partial charge in [0.15, 0.2) is 0 Å². The van der Waals surface area contributed by atoms with E-state index in [0.29, 0.717) is 0 Å². The molecule has 0 aliphatic heterocycles. The first-order valence-electron chi connectivity index (χ1n) is 5.08.